The van der Waals surface area contributed by atoms with Gasteiger partial charge in [0.25, 0.3) is 0 Å². The molecule has 0 aromatic heterocycles. The topological polar surface area (TPSA) is 90.6 Å². The van der Waals surface area contributed by atoms with Crippen LogP contribution in [0.15, 0.2) is 119 Å². The van der Waals surface area contributed by atoms with Gasteiger partial charge in [-0.15, -0.1) is 0 Å². The summed E-state index contributed by atoms with van der Waals surface area (Å²) in [7, 11) is 0. The summed E-state index contributed by atoms with van der Waals surface area (Å²) in [6.07, 6.45) is 0. The summed E-state index contributed by atoms with van der Waals surface area (Å²) in [4.78, 5) is 39.8. The van der Waals surface area contributed by atoms with E-state index in [1.807, 2.05) is 0 Å². The Morgan fingerprint density at radius 1 is 0.412 bits per heavy atom. The van der Waals surface area contributed by atoms with E-state index in [9.17, 15) is 14.4 Å². The van der Waals surface area contributed by atoms with E-state index in [-0.39, 0.29) is 16.7 Å². The largest absolute Gasteiger partial charge is 0.422 e. The Balaban J connectivity index is 1.77. The van der Waals surface area contributed by atoms with Gasteiger partial charge in [0.15, 0.2) is 0 Å². The summed E-state index contributed by atoms with van der Waals surface area (Å²) < 4.78 is 16.7. The highest BCUT2D eigenvalue weighted by atomic mass is 16.4. The van der Waals surface area contributed by atoms with Gasteiger partial charge in [-0.05, 0) is 18.2 Å². The van der Waals surface area contributed by atoms with Crippen LogP contribution in [-0.2, 0) is 0 Å². The third kappa shape index (κ3) is 3.00. The molecule has 3 aliphatic carbocycles. The Labute approximate surface area is 192 Å². The van der Waals surface area contributed by atoms with Crippen LogP contribution in [0, 0.1) is 0 Å². The average molecular weight is 448 g/mol. The lowest BCUT2D eigenvalue weighted by Gasteiger charge is -2.14. The van der Waals surface area contributed by atoms with Gasteiger partial charge in [0.1, 0.15) is 17.3 Å². The first-order valence-electron chi connectivity index (χ1n) is 10.7. The van der Waals surface area contributed by atoms with Crippen LogP contribution in [0.2, 0.25) is 0 Å². The molecule has 0 bridgehead atoms. The van der Waals surface area contributed by atoms with Gasteiger partial charge in [-0.3, -0.25) is 0 Å². The molecule has 0 N–H and O–H groups in total. The Kier molecular flexibility index (Phi) is 4.52. The lowest BCUT2D eigenvalue weighted by atomic mass is 9.82. The molecule has 6 heteroatoms. The maximum atomic E-state index is 13.3. The van der Waals surface area contributed by atoms with Crippen LogP contribution < -0.4 is 16.9 Å². The molecule has 0 saturated heterocycles. The standard InChI is InChI=1S/C28H16O6/c29-26-22(16-10-4-1-7-13-19(16)32-26)25(23-17-11-5-2-8-14-20(17)33-27(23)30)24-18-12-6-3-9-15-21(18)34-28(24)31/h1-15,25H. The van der Waals surface area contributed by atoms with E-state index in [0.29, 0.717) is 34.0 Å². The molecule has 0 unspecified atom stereocenters. The summed E-state index contributed by atoms with van der Waals surface area (Å²) in [5.41, 5.74) is 0.170. The van der Waals surface area contributed by atoms with Gasteiger partial charge in [0.05, 0.1) is 22.6 Å². The van der Waals surface area contributed by atoms with Crippen molar-refractivity contribution in [3.05, 3.63) is 139 Å². The Hall–Kier alpha value is -4.71. The Morgan fingerprint density at radius 3 is 1.03 bits per heavy atom. The van der Waals surface area contributed by atoms with Crippen LogP contribution in [0.5, 0.6) is 0 Å². The average Bonchev–Trinajstić information content (AvgIpc) is 3.14. The predicted octanol–water partition coefficient (Wildman–Crippen LogP) is 5.04. The second kappa shape index (κ2) is 7.71. The van der Waals surface area contributed by atoms with Gasteiger partial charge in [-0.25, -0.2) is 14.4 Å². The van der Waals surface area contributed by atoms with Crippen LogP contribution in [-0.4, -0.2) is 0 Å². The van der Waals surface area contributed by atoms with Crippen LogP contribution in [0.25, 0.3) is 34.0 Å². The molecule has 6 rings (SSSR count). The first-order valence-corrected chi connectivity index (χ1v) is 10.7. The first-order chi connectivity index (χ1) is 16.6. The fraction of sp³-hybridized carbons (Fsp3) is 0.0357. The molecular weight excluding hydrogens is 432 g/mol. The molecular formula is C28H16O6. The normalized spacial score (nSPS) is 11.6. The van der Waals surface area contributed by atoms with Crippen molar-refractivity contribution in [1.29, 1.82) is 0 Å². The molecule has 0 atom stereocenters. The van der Waals surface area contributed by atoms with Gasteiger partial charge in [0.2, 0.25) is 0 Å². The van der Waals surface area contributed by atoms with Crippen molar-refractivity contribution in [2.75, 3.05) is 0 Å². The maximum Gasteiger partial charge on any atom is 0.341 e. The third-order valence-corrected chi connectivity index (χ3v) is 6.00. The molecule has 6 nitrogen and oxygen atoms in total. The fourth-order valence-corrected chi connectivity index (χ4v) is 4.57. The molecule has 6 aliphatic rings. The number of rotatable bonds is 3. The van der Waals surface area contributed by atoms with E-state index >= 15 is 0 Å². The van der Waals surface area contributed by atoms with Crippen LogP contribution in [0.1, 0.15) is 22.6 Å². The molecule has 3 aliphatic heterocycles. The van der Waals surface area contributed by atoms with Crippen molar-refractivity contribution in [3.63, 3.8) is 0 Å². The number of furan rings is 3. The van der Waals surface area contributed by atoms with E-state index < -0.39 is 22.8 Å². The zero-order valence-corrected chi connectivity index (χ0v) is 17.7. The Morgan fingerprint density at radius 2 is 0.706 bits per heavy atom. The predicted molar refractivity (Wildman–Crippen MR) is 126 cm³/mol. The lowest BCUT2D eigenvalue weighted by molar-refractivity contribution is 0.528. The third-order valence-electron chi connectivity index (χ3n) is 6.00. The molecule has 0 amide bonds. The van der Waals surface area contributed by atoms with Crippen molar-refractivity contribution in [2.45, 2.75) is 5.92 Å². The van der Waals surface area contributed by atoms with Gasteiger partial charge >= 0.3 is 16.9 Å². The van der Waals surface area contributed by atoms with E-state index in [1.165, 1.54) is 0 Å². The van der Waals surface area contributed by atoms with Crippen LogP contribution in [0.3, 0.4) is 0 Å². The van der Waals surface area contributed by atoms with Crippen molar-refractivity contribution in [1.82, 2.24) is 0 Å². The van der Waals surface area contributed by atoms with E-state index in [0.717, 1.165) is 0 Å². The molecule has 0 radical (unpaired) electrons. The zero-order valence-electron chi connectivity index (χ0n) is 17.7. The second-order valence-electron chi connectivity index (χ2n) is 7.91. The maximum absolute atomic E-state index is 13.3. The minimum atomic E-state index is -1.07. The van der Waals surface area contributed by atoms with Gasteiger partial charge in [-0.2, -0.15) is 0 Å². The Bertz CT molecular complexity index is 1530. The monoisotopic (exact) mass is 448 g/mol. The van der Waals surface area contributed by atoms with E-state index in [4.69, 9.17) is 13.3 Å². The molecule has 0 spiro atoms. The highest BCUT2D eigenvalue weighted by molar-refractivity contribution is 5.75. The number of hydrogen-bond acceptors (Lipinski definition) is 6. The number of fused-ring (bicyclic) bond motifs is 3. The number of hydrogen-bond donors (Lipinski definition) is 0. The van der Waals surface area contributed by atoms with E-state index in [1.54, 1.807) is 91.0 Å². The van der Waals surface area contributed by atoms with Crippen molar-refractivity contribution in [2.24, 2.45) is 0 Å². The zero-order chi connectivity index (χ0) is 23.2. The van der Waals surface area contributed by atoms with E-state index in [2.05, 4.69) is 0 Å². The molecule has 34 heavy (non-hydrogen) atoms. The molecule has 0 aromatic carbocycles. The van der Waals surface area contributed by atoms with Gasteiger partial charge in [-0.1, -0.05) is 72.8 Å². The van der Waals surface area contributed by atoms with Crippen LogP contribution >= 0.6 is 0 Å². The molecule has 164 valence electrons. The van der Waals surface area contributed by atoms with Crippen molar-refractivity contribution >= 4 is 0 Å². The summed E-state index contributed by atoms with van der Waals surface area (Å²) >= 11 is 0. The molecule has 0 fully saturated rings. The quantitative estimate of drug-likeness (QED) is 0.377. The summed E-state index contributed by atoms with van der Waals surface area (Å²) in [5, 5.41) is 0. The highest BCUT2D eigenvalue weighted by Crippen LogP contribution is 2.43. The summed E-state index contributed by atoms with van der Waals surface area (Å²) in [6.45, 7) is 0. The second-order valence-corrected chi connectivity index (χ2v) is 7.91. The molecule has 0 saturated carbocycles. The van der Waals surface area contributed by atoms with Gasteiger partial charge in [0, 0.05) is 16.7 Å². The summed E-state index contributed by atoms with van der Waals surface area (Å²) in [6, 6.07) is 26.2. The lowest BCUT2D eigenvalue weighted by Crippen LogP contribution is -2.21. The minimum Gasteiger partial charge on any atom is -0.422 e. The fourth-order valence-electron chi connectivity index (χ4n) is 4.57. The minimum absolute atomic E-state index is 0.184. The SMILES string of the molecule is O=c1oc2cccccc-2c1C(c1c2cccccc-2oc1=O)c1c2cccccc-2oc1=O. The van der Waals surface area contributed by atoms with Crippen molar-refractivity contribution < 1.29 is 13.3 Å². The molecule has 3 heterocycles. The summed E-state index contributed by atoms with van der Waals surface area (Å²) in [5.74, 6) is -0.00622. The smallest absolute Gasteiger partial charge is 0.341 e. The van der Waals surface area contributed by atoms with Crippen LogP contribution in [0.4, 0.5) is 0 Å². The van der Waals surface area contributed by atoms with Gasteiger partial charge < -0.3 is 13.3 Å². The molecule has 0 aromatic rings. The first kappa shape index (κ1) is 19.9. The van der Waals surface area contributed by atoms with Crippen molar-refractivity contribution in [3.8, 4) is 34.0 Å². The highest BCUT2D eigenvalue weighted by Gasteiger charge is 2.38.